The van der Waals surface area contributed by atoms with E-state index in [9.17, 15) is 33.9 Å². The molecular weight excluding hydrogens is 644 g/mol. The van der Waals surface area contributed by atoms with E-state index < -0.39 is 11.9 Å². The van der Waals surface area contributed by atoms with E-state index in [1.54, 1.807) is 6.92 Å². The van der Waals surface area contributed by atoms with Gasteiger partial charge in [0.15, 0.2) is 0 Å². The smallest absolute Gasteiger partial charge is 0.246 e. The Balaban J connectivity index is 3.62. The van der Waals surface area contributed by atoms with E-state index >= 15 is 0 Å². The van der Waals surface area contributed by atoms with Crippen molar-refractivity contribution >= 4 is 35.4 Å². The molecule has 0 aliphatic rings. The van der Waals surface area contributed by atoms with Gasteiger partial charge < -0.3 is 56.0 Å². The molecule has 49 heavy (non-hydrogen) atoms. The highest BCUT2D eigenvalue weighted by atomic mass is 16.5. The SMILES string of the molecule is CCCCNC(=O)CCCNC(=O)CCC(CO)NC(=O)COCCOCCNC(=O)COCCOCCNC(=O)CCCNC(=O)CC. The van der Waals surface area contributed by atoms with Crippen molar-refractivity contribution in [2.24, 2.45) is 0 Å². The molecule has 17 nitrogen and oxygen atoms in total. The molecule has 0 saturated heterocycles. The number of carbonyl (C=O) groups excluding carboxylic acids is 6. The molecule has 0 fully saturated rings. The van der Waals surface area contributed by atoms with Crippen LogP contribution in [0.15, 0.2) is 0 Å². The normalized spacial score (nSPS) is 11.3. The van der Waals surface area contributed by atoms with Crippen LogP contribution >= 0.6 is 0 Å². The van der Waals surface area contributed by atoms with Gasteiger partial charge in [0.05, 0.1) is 52.3 Å². The molecule has 0 aliphatic heterocycles. The molecule has 0 aromatic carbocycles. The van der Waals surface area contributed by atoms with Gasteiger partial charge >= 0.3 is 0 Å². The minimum atomic E-state index is -0.592. The molecule has 17 heteroatoms. The zero-order valence-electron chi connectivity index (χ0n) is 29.4. The second-order valence-corrected chi connectivity index (χ2v) is 11.0. The van der Waals surface area contributed by atoms with Crippen molar-refractivity contribution in [3.8, 4) is 0 Å². The van der Waals surface area contributed by atoms with Gasteiger partial charge in [0.1, 0.15) is 13.2 Å². The Morgan fingerprint density at radius 3 is 1.49 bits per heavy atom. The lowest BCUT2D eigenvalue weighted by molar-refractivity contribution is -0.128. The molecular formula is C32H60N6O11. The van der Waals surface area contributed by atoms with Crippen molar-refractivity contribution in [2.75, 3.05) is 92.2 Å². The maximum atomic E-state index is 12.1. The first-order valence-electron chi connectivity index (χ1n) is 17.3. The highest BCUT2D eigenvalue weighted by Gasteiger charge is 2.14. The van der Waals surface area contributed by atoms with Crippen LogP contribution in [0.2, 0.25) is 0 Å². The van der Waals surface area contributed by atoms with Crippen molar-refractivity contribution in [1.82, 2.24) is 31.9 Å². The molecule has 0 rings (SSSR count). The van der Waals surface area contributed by atoms with E-state index in [0.717, 1.165) is 12.8 Å². The summed E-state index contributed by atoms with van der Waals surface area (Å²) in [4.78, 5) is 70.4. The lowest BCUT2D eigenvalue weighted by Crippen LogP contribution is -2.40. The lowest BCUT2D eigenvalue weighted by atomic mass is 10.1. The van der Waals surface area contributed by atoms with Gasteiger partial charge in [-0.15, -0.1) is 0 Å². The maximum absolute atomic E-state index is 12.1. The fourth-order valence-electron chi connectivity index (χ4n) is 3.88. The predicted molar refractivity (Wildman–Crippen MR) is 180 cm³/mol. The van der Waals surface area contributed by atoms with Crippen molar-refractivity contribution < 1.29 is 52.8 Å². The van der Waals surface area contributed by atoms with Gasteiger partial charge in [-0.2, -0.15) is 0 Å². The summed E-state index contributed by atoms with van der Waals surface area (Å²) < 4.78 is 21.2. The van der Waals surface area contributed by atoms with E-state index in [2.05, 4.69) is 31.9 Å². The van der Waals surface area contributed by atoms with Gasteiger partial charge in [-0.25, -0.2) is 0 Å². The maximum Gasteiger partial charge on any atom is 0.246 e. The average Bonchev–Trinajstić information content (AvgIpc) is 3.09. The van der Waals surface area contributed by atoms with E-state index in [4.69, 9.17) is 18.9 Å². The molecule has 0 saturated carbocycles. The third kappa shape index (κ3) is 31.6. The molecule has 0 spiro atoms. The number of aliphatic hydroxyl groups excluding tert-OH is 1. The fourth-order valence-corrected chi connectivity index (χ4v) is 3.88. The first-order valence-corrected chi connectivity index (χ1v) is 17.3. The van der Waals surface area contributed by atoms with Crippen molar-refractivity contribution in [3.05, 3.63) is 0 Å². The number of nitrogens with one attached hydrogen (secondary N) is 6. The highest BCUT2D eigenvalue weighted by Crippen LogP contribution is 1.98. The molecule has 0 aliphatic carbocycles. The van der Waals surface area contributed by atoms with E-state index in [0.29, 0.717) is 64.9 Å². The van der Waals surface area contributed by atoms with Gasteiger partial charge in [0.2, 0.25) is 35.4 Å². The standard InChI is InChI=1S/C32H60N6O11/c1-3-5-12-34-28(41)8-7-14-35-30(43)11-10-26(23-39)38-32(45)25-49-22-20-47-18-16-37-31(44)24-48-21-19-46-17-15-36-29(42)9-6-13-33-27(40)4-2/h26,39H,3-25H2,1-2H3,(H,33,40)(H,34,41)(H,35,43)(H,36,42)(H,37,44)(H,38,45). The average molecular weight is 705 g/mol. The predicted octanol–water partition coefficient (Wildman–Crippen LogP) is -1.34. The molecule has 6 amide bonds. The number of amides is 6. The van der Waals surface area contributed by atoms with Crippen LogP contribution < -0.4 is 31.9 Å². The second kappa shape index (κ2) is 33.1. The summed E-state index contributed by atoms with van der Waals surface area (Å²) in [6.45, 7) is 6.65. The Morgan fingerprint density at radius 2 is 0.959 bits per heavy atom. The first-order chi connectivity index (χ1) is 23.7. The van der Waals surface area contributed by atoms with E-state index in [1.807, 2.05) is 6.92 Å². The van der Waals surface area contributed by atoms with Crippen LogP contribution in [0.1, 0.15) is 71.6 Å². The number of carbonyl (C=O) groups is 6. The number of hydrogen-bond acceptors (Lipinski definition) is 11. The summed E-state index contributed by atoms with van der Waals surface area (Å²) in [7, 11) is 0. The minimum Gasteiger partial charge on any atom is -0.394 e. The van der Waals surface area contributed by atoms with Gasteiger partial charge in [0.25, 0.3) is 0 Å². The molecule has 1 unspecified atom stereocenters. The molecule has 284 valence electrons. The van der Waals surface area contributed by atoms with E-state index in [1.165, 1.54) is 0 Å². The van der Waals surface area contributed by atoms with Crippen LogP contribution in [-0.2, 0) is 47.7 Å². The first kappa shape index (κ1) is 45.6. The third-order valence-electron chi connectivity index (χ3n) is 6.63. The van der Waals surface area contributed by atoms with Crippen molar-refractivity contribution in [3.63, 3.8) is 0 Å². The molecule has 1 atom stereocenters. The van der Waals surface area contributed by atoms with Crippen LogP contribution in [0.3, 0.4) is 0 Å². The van der Waals surface area contributed by atoms with Crippen molar-refractivity contribution in [2.45, 2.75) is 77.7 Å². The van der Waals surface area contributed by atoms with Crippen LogP contribution in [0.4, 0.5) is 0 Å². The van der Waals surface area contributed by atoms with Gasteiger partial charge in [-0.05, 0) is 25.7 Å². The zero-order valence-corrected chi connectivity index (χ0v) is 29.4. The Bertz CT molecular complexity index is 926. The Labute approximate surface area is 290 Å². The number of unbranched alkanes of at least 4 members (excludes halogenated alkanes) is 1. The number of aliphatic hydroxyl groups is 1. The number of hydrogen-bond donors (Lipinski definition) is 7. The largest absolute Gasteiger partial charge is 0.394 e. The zero-order chi connectivity index (χ0) is 36.4. The van der Waals surface area contributed by atoms with Crippen LogP contribution in [0.5, 0.6) is 0 Å². The number of ether oxygens (including phenoxy) is 4. The Kier molecular flexibility index (Phi) is 30.8. The summed E-state index contributed by atoms with van der Waals surface area (Å²) >= 11 is 0. The van der Waals surface area contributed by atoms with Crippen LogP contribution in [0, 0.1) is 0 Å². The highest BCUT2D eigenvalue weighted by molar-refractivity contribution is 5.79. The minimum absolute atomic E-state index is 0.0352. The molecule has 0 aromatic rings. The molecule has 0 aromatic heterocycles. The van der Waals surface area contributed by atoms with Crippen LogP contribution in [-0.4, -0.2) is 139 Å². The van der Waals surface area contributed by atoms with Gasteiger partial charge in [0, 0.05) is 58.4 Å². The molecule has 0 bridgehead atoms. The summed E-state index contributed by atoms with van der Waals surface area (Å²) in [6.07, 6.45) is 4.50. The van der Waals surface area contributed by atoms with E-state index in [-0.39, 0.29) is 102 Å². The molecule has 0 heterocycles. The van der Waals surface area contributed by atoms with Gasteiger partial charge in [-0.3, -0.25) is 28.8 Å². The summed E-state index contributed by atoms with van der Waals surface area (Å²) in [6, 6.07) is -0.592. The topological polar surface area (TPSA) is 232 Å². The lowest BCUT2D eigenvalue weighted by Gasteiger charge is -2.16. The number of rotatable bonds is 33. The van der Waals surface area contributed by atoms with Crippen molar-refractivity contribution in [1.29, 1.82) is 0 Å². The third-order valence-corrected chi connectivity index (χ3v) is 6.63. The Morgan fingerprint density at radius 1 is 0.510 bits per heavy atom. The monoisotopic (exact) mass is 704 g/mol. The molecule has 0 radical (unpaired) electrons. The van der Waals surface area contributed by atoms with Gasteiger partial charge in [-0.1, -0.05) is 20.3 Å². The molecule has 7 N–H and O–H groups in total. The summed E-state index contributed by atoms with van der Waals surface area (Å²) in [5, 5.41) is 25.8. The fraction of sp³-hybridized carbons (Fsp3) is 0.812. The summed E-state index contributed by atoms with van der Waals surface area (Å²) in [5.41, 5.74) is 0. The van der Waals surface area contributed by atoms with Crippen LogP contribution in [0.25, 0.3) is 0 Å². The quantitative estimate of drug-likeness (QED) is 0.0395. The summed E-state index contributed by atoms with van der Waals surface area (Å²) in [5.74, 6) is -1.14. The second-order valence-electron chi connectivity index (χ2n) is 11.0. The Hall–Kier alpha value is -3.38.